The molecule has 0 radical (unpaired) electrons. The summed E-state index contributed by atoms with van der Waals surface area (Å²) in [6.07, 6.45) is 3.59. The van der Waals surface area contributed by atoms with E-state index in [1.54, 1.807) is 18.3 Å². The van der Waals surface area contributed by atoms with Crippen LogP contribution in [0.1, 0.15) is 18.9 Å². The highest BCUT2D eigenvalue weighted by molar-refractivity contribution is 5.62. The number of nitrogens with one attached hydrogen (secondary N) is 1. The van der Waals surface area contributed by atoms with Gasteiger partial charge in [0.2, 0.25) is 0 Å². The molecule has 90 valence electrons. The Labute approximate surface area is 99.9 Å². The van der Waals surface area contributed by atoms with E-state index in [0.29, 0.717) is 0 Å². The van der Waals surface area contributed by atoms with Gasteiger partial charge in [-0.15, -0.1) is 0 Å². The predicted octanol–water partition coefficient (Wildman–Crippen LogP) is 2.50. The summed E-state index contributed by atoms with van der Waals surface area (Å²) >= 11 is 0. The molecule has 0 saturated heterocycles. The van der Waals surface area contributed by atoms with E-state index in [1.807, 2.05) is 6.92 Å². The molecule has 2 rings (SSSR count). The fourth-order valence-corrected chi connectivity index (χ4v) is 1.75. The first-order valence-corrected chi connectivity index (χ1v) is 5.70. The summed E-state index contributed by atoms with van der Waals surface area (Å²) in [5, 5.41) is 6.99. The molecule has 0 spiro atoms. The van der Waals surface area contributed by atoms with Gasteiger partial charge in [0.15, 0.2) is 0 Å². The van der Waals surface area contributed by atoms with Gasteiger partial charge in [0.05, 0.1) is 11.9 Å². The van der Waals surface area contributed by atoms with Gasteiger partial charge < -0.3 is 5.73 Å². The molecule has 0 fully saturated rings. The molecule has 2 aromatic rings. The van der Waals surface area contributed by atoms with Gasteiger partial charge in [0.1, 0.15) is 5.82 Å². The number of halogens is 1. The van der Waals surface area contributed by atoms with Crippen molar-refractivity contribution in [2.75, 3.05) is 0 Å². The molecule has 1 atom stereocenters. The highest BCUT2D eigenvalue weighted by Gasteiger charge is 2.08. The van der Waals surface area contributed by atoms with E-state index < -0.39 is 0 Å². The molecule has 4 heteroatoms. The Kier molecular flexibility index (Phi) is 3.54. The fraction of sp³-hybridized carbons (Fsp3) is 0.308. The van der Waals surface area contributed by atoms with Gasteiger partial charge in [-0.05, 0) is 49.6 Å². The maximum Gasteiger partial charge on any atom is 0.123 e. The number of hydrogen-bond acceptors (Lipinski definition) is 2. The minimum atomic E-state index is -0.231. The molecule has 3 nitrogen and oxygen atoms in total. The Hall–Kier alpha value is -1.68. The van der Waals surface area contributed by atoms with Crippen LogP contribution in [0.5, 0.6) is 0 Å². The van der Waals surface area contributed by atoms with Crippen molar-refractivity contribution in [1.29, 1.82) is 0 Å². The van der Waals surface area contributed by atoms with Crippen molar-refractivity contribution in [3.63, 3.8) is 0 Å². The number of H-pyrrole nitrogens is 1. The molecule has 0 aliphatic carbocycles. The third-order valence-corrected chi connectivity index (χ3v) is 2.72. The smallest absolute Gasteiger partial charge is 0.123 e. The van der Waals surface area contributed by atoms with E-state index >= 15 is 0 Å². The minimum absolute atomic E-state index is 0.172. The standard InChI is InChI=1S/C13H16FN3/c1-9(15)2-3-11-8-16-17-13(11)10-4-6-12(14)7-5-10/h4-9H,2-3,15H2,1H3,(H,16,17)/t9-/m0/s1. The molecule has 3 N–H and O–H groups in total. The van der Waals surface area contributed by atoms with Crippen molar-refractivity contribution >= 4 is 0 Å². The highest BCUT2D eigenvalue weighted by atomic mass is 19.1. The molecule has 0 saturated carbocycles. The maximum absolute atomic E-state index is 12.8. The summed E-state index contributed by atoms with van der Waals surface area (Å²) in [7, 11) is 0. The van der Waals surface area contributed by atoms with Crippen LogP contribution >= 0.6 is 0 Å². The lowest BCUT2D eigenvalue weighted by atomic mass is 10.0. The van der Waals surface area contributed by atoms with Crippen molar-refractivity contribution in [3.8, 4) is 11.3 Å². The van der Waals surface area contributed by atoms with Crippen LogP contribution in [0.3, 0.4) is 0 Å². The van der Waals surface area contributed by atoms with Crippen LogP contribution in [0, 0.1) is 5.82 Å². The van der Waals surface area contributed by atoms with Gasteiger partial charge in [-0.3, -0.25) is 5.10 Å². The van der Waals surface area contributed by atoms with E-state index in [4.69, 9.17) is 5.73 Å². The lowest BCUT2D eigenvalue weighted by Gasteiger charge is -2.05. The molecular weight excluding hydrogens is 217 g/mol. The summed E-state index contributed by atoms with van der Waals surface area (Å²) in [6.45, 7) is 1.98. The average Bonchev–Trinajstić information content (AvgIpc) is 2.75. The quantitative estimate of drug-likeness (QED) is 0.852. The van der Waals surface area contributed by atoms with Crippen LogP contribution in [-0.4, -0.2) is 16.2 Å². The normalized spacial score (nSPS) is 12.6. The van der Waals surface area contributed by atoms with Gasteiger partial charge >= 0.3 is 0 Å². The number of aromatic nitrogens is 2. The van der Waals surface area contributed by atoms with Crippen LogP contribution in [0.25, 0.3) is 11.3 Å². The topological polar surface area (TPSA) is 54.7 Å². The van der Waals surface area contributed by atoms with E-state index in [9.17, 15) is 4.39 Å². The number of aromatic amines is 1. The molecule has 0 unspecified atom stereocenters. The molecule has 0 aliphatic rings. The summed E-state index contributed by atoms with van der Waals surface area (Å²) in [5.41, 5.74) is 8.75. The van der Waals surface area contributed by atoms with Gasteiger partial charge in [-0.2, -0.15) is 5.10 Å². The van der Waals surface area contributed by atoms with Gasteiger partial charge in [-0.25, -0.2) is 4.39 Å². The van der Waals surface area contributed by atoms with Crippen molar-refractivity contribution in [2.24, 2.45) is 5.73 Å². The molecule has 0 aliphatic heterocycles. The first kappa shape index (κ1) is 11.8. The summed E-state index contributed by atoms with van der Waals surface area (Å²) < 4.78 is 12.8. The second-order valence-corrected chi connectivity index (χ2v) is 4.29. The molecular formula is C13H16FN3. The van der Waals surface area contributed by atoms with Gasteiger partial charge in [0, 0.05) is 11.6 Å². The first-order chi connectivity index (χ1) is 8.16. The second-order valence-electron chi connectivity index (χ2n) is 4.29. The SMILES string of the molecule is C[C@H](N)CCc1cn[nH]c1-c1ccc(F)cc1. The summed E-state index contributed by atoms with van der Waals surface area (Å²) in [5.74, 6) is -0.231. The van der Waals surface area contributed by atoms with Gasteiger partial charge in [-0.1, -0.05) is 0 Å². The fourth-order valence-electron chi connectivity index (χ4n) is 1.75. The lowest BCUT2D eigenvalue weighted by molar-refractivity contribution is 0.628. The summed E-state index contributed by atoms with van der Waals surface area (Å²) in [6, 6.07) is 6.57. The van der Waals surface area contributed by atoms with E-state index in [2.05, 4.69) is 10.2 Å². The molecule has 1 aromatic heterocycles. The molecule has 1 aromatic carbocycles. The third-order valence-electron chi connectivity index (χ3n) is 2.72. The second kappa shape index (κ2) is 5.10. The van der Waals surface area contributed by atoms with Crippen molar-refractivity contribution in [2.45, 2.75) is 25.8 Å². The number of hydrogen-bond donors (Lipinski definition) is 2. The van der Waals surface area contributed by atoms with Crippen LogP contribution in [0.2, 0.25) is 0 Å². The van der Waals surface area contributed by atoms with Crippen LogP contribution in [0.15, 0.2) is 30.5 Å². The number of nitrogens with zero attached hydrogens (tertiary/aromatic N) is 1. The van der Waals surface area contributed by atoms with E-state index in [-0.39, 0.29) is 11.9 Å². The minimum Gasteiger partial charge on any atom is -0.328 e. The number of benzene rings is 1. The Bertz CT molecular complexity index is 474. The van der Waals surface area contributed by atoms with E-state index in [0.717, 1.165) is 29.7 Å². The molecule has 17 heavy (non-hydrogen) atoms. The molecule has 1 heterocycles. The number of nitrogens with two attached hydrogens (primary N) is 1. The Morgan fingerprint density at radius 1 is 1.35 bits per heavy atom. The zero-order valence-electron chi connectivity index (χ0n) is 9.78. The Morgan fingerprint density at radius 2 is 2.06 bits per heavy atom. The van der Waals surface area contributed by atoms with Gasteiger partial charge in [0.25, 0.3) is 0 Å². The molecule has 0 bridgehead atoms. The van der Waals surface area contributed by atoms with Crippen molar-refractivity contribution < 1.29 is 4.39 Å². The third kappa shape index (κ3) is 2.91. The van der Waals surface area contributed by atoms with Crippen LogP contribution in [0.4, 0.5) is 4.39 Å². The maximum atomic E-state index is 12.8. The predicted molar refractivity (Wildman–Crippen MR) is 66.0 cm³/mol. The zero-order chi connectivity index (χ0) is 12.3. The number of aryl methyl sites for hydroxylation is 1. The highest BCUT2D eigenvalue weighted by Crippen LogP contribution is 2.22. The Morgan fingerprint density at radius 3 is 2.71 bits per heavy atom. The number of rotatable bonds is 4. The Balaban J connectivity index is 2.21. The van der Waals surface area contributed by atoms with Crippen molar-refractivity contribution in [1.82, 2.24) is 10.2 Å². The van der Waals surface area contributed by atoms with E-state index in [1.165, 1.54) is 12.1 Å². The summed E-state index contributed by atoms with van der Waals surface area (Å²) in [4.78, 5) is 0. The average molecular weight is 233 g/mol. The van der Waals surface area contributed by atoms with Crippen LogP contribution < -0.4 is 5.73 Å². The zero-order valence-corrected chi connectivity index (χ0v) is 9.78. The van der Waals surface area contributed by atoms with Crippen LogP contribution in [-0.2, 0) is 6.42 Å². The monoisotopic (exact) mass is 233 g/mol. The first-order valence-electron chi connectivity index (χ1n) is 5.70. The largest absolute Gasteiger partial charge is 0.328 e. The molecule has 0 amide bonds. The lowest BCUT2D eigenvalue weighted by Crippen LogP contribution is -2.15. The van der Waals surface area contributed by atoms with Crippen molar-refractivity contribution in [3.05, 3.63) is 41.8 Å².